The molecular weight excluding hydrogens is 350 g/mol. The van der Waals surface area contributed by atoms with Crippen LogP contribution in [0, 0.1) is 5.92 Å². The van der Waals surface area contributed by atoms with Crippen LogP contribution in [0.3, 0.4) is 0 Å². The van der Waals surface area contributed by atoms with Crippen molar-refractivity contribution in [1.29, 1.82) is 0 Å². The molecule has 1 aromatic rings. The van der Waals surface area contributed by atoms with Gasteiger partial charge in [0.25, 0.3) is 0 Å². The average Bonchev–Trinajstić information content (AvgIpc) is 2.61. The second kappa shape index (κ2) is 8.69. The maximum absolute atomic E-state index is 12.3. The van der Waals surface area contributed by atoms with Crippen molar-refractivity contribution in [2.45, 2.75) is 77.7 Å². The van der Waals surface area contributed by atoms with E-state index in [0.29, 0.717) is 11.7 Å². The Labute approximate surface area is 169 Å². The van der Waals surface area contributed by atoms with E-state index in [2.05, 4.69) is 51.2 Å². The molecule has 0 saturated heterocycles. The molecule has 154 valence electrons. The molecule has 0 bridgehead atoms. The number of unbranched alkanes of at least 4 members (excludes halogenated alkanes) is 2. The van der Waals surface area contributed by atoms with Crippen molar-refractivity contribution in [3.05, 3.63) is 34.9 Å². The van der Waals surface area contributed by atoms with Gasteiger partial charge in [-0.3, -0.25) is 4.79 Å². The highest BCUT2D eigenvalue weighted by atomic mass is 16.5. The van der Waals surface area contributed by atoms with Crippen LogP contribution in [0.4, 0.5) is 0 Å². The van der Waals surface area contributed by atoms with Gasteiger partial charge < -0.3 is 14.8 Å². The summed E-state index contributed by atoms with van der Waals surface area (Å²) >= 11 is 0. The molecule has 0 saturated carbocycles. The van der Waals surface area contributed by atoms with Gasteiger partial charge in [0.2, 0.25) is 0 Å². The normalized spacial score (nSPS) is 22.5. The van der Waals surface area contributed by atoms with Gasteiger partial charge in [-0.2, -0.15) is 0 Å². The topological polar surface area (TPSA) is 47.6 Å². The third-order valence-corrected chi connectivity index (χ3v) is 6.12. The Hall–Kier alpha value is -1.81. The fourth-order valence-electron chi connectivity index (χ4n) is 4.67. The van der Waals surface area contributed by atoms with Crippen molar-refractivity contribution in [3.63, 3.8) is 0 Å². The van der Waals surface area contributed by atoms with E-state index in [-0.39, 0.29) is 24.0 Å². The van der Waals surface area contributed by atoms with Gasteiger partial charge in [0.05, 0.1) is 6.54 Å². The number of nitrogens with one attached hydrogen (secondary N) is 1. The molecule has 1 aliphatic heterocycles. The number of carbonyl (C=O) groups is 1. The molecule has 0 aromatic heterocycles. The first-order valence-corrected chi connectivity index (χ1v) is 10.7. The van der Waals surface area contributed by atoms with E-state index in [9.17, 15) is 4.79 Å². The second-order valence-corrected chi connectivity index (χ2v) is 8.86. The second-order valence-electron chi connectivity index (χ2n) is 8.86. The van der Waals surface area contributed by atoms with E-state index >= 15 is 0 Å². The van der Waals surface area contributed by atoms with Crippen LogP contribution in [0.5, 0.6) is 11.5 Å². The van der Waals surface area contributed by atoms with Crippen molar-refractivity contribution in [2.24, 2.45) is 5.92 Å². The molecule has 2 aliphatic rings. The van der Waals surface area contributed by atoms with Crippen molar-refractivity contribution in [3.8, 4) is 11.5 Å². The molecule has 2 unspecified atom stereocenters. The molecule has 28 heavy (non-hydrogen) atoms. The zero-order chi connectivity index (χ0) is 20.3. The largest absolute Gasteiger partial charge is 0.487 e. The molecule has 1 aromatic carbocycles. The summed E-state index contributed by atoms with van der Waals surface area (Å²) in [6.45, 7) is 8.99. The van der Waals surface area contributed by atoms with Crippen LogP contribution in [0.25, 0.3) is 0 Å². The number of rotatable bonds is 7. The fraction of sp³-hybridized carbons (Fsp3) is 0.625. The van der Waals surface area contributed by atoms with Crippen molar-refractivity contribution >= 4 is 5.97 Å². The minimum atomic E-state index is -0.256. The summed E-state index contributed by atoms with van der Waals surface area (Å²) in [5.41, 5.74) is 3.41. The van der Waals surface area contributed by atoms with E-state index in [1.54, 1.807) is 7.05 Å². The predicted octanol–water partition coefficient (Wildman–Crippen LogP) is 5.16. The van der Waals surface area contributed by atoms with E-state index in [1.165, 1.54) is 24.0 Å². The molecule has 1 N–H and O–H groups in total. The first-order valence-electron chi connectivity index (χ1n) is 10.7. The lowest BCUT2D eigenvalue weighted by atomic mass is 9.68. The monoisotopic (exact) mass is 385 g/mol. The van der Waals surface area contributed by atoms with Gasteiger partial charge in [0, 0.05) is 17.4 Å². The summed E-state index contributed by atoms with van der Waals surface area (Å²) in [4.78, 5) is 12.3. The molecule has 0 radical (unpaired) electrons. The maximum atomic E-state index is 12.3. The van der Waals surface area contributed by atoms with Crippen LogP contribution in [0.15, 0.2) is 23.8 Å². The van der Waals surface area contributed by atoms with Crippen molar-refractivity contribution in [2.75, 3.05) is 13.6 Å². The number of hydrogen-bond acceptors (Lipinski definition) is 4. The van der Waals surface area contributed by atoms with Crippen LogP contribution in [-0.2, 0) is 11.2 Å². The summed E-state index contributed by atoms with van der Waals surface area (Å²) in [6.07, 6.45) is 9.06. The smallest absolute Gasteiger partial charge is 0.325 e. The fourth-order valence-corrected chi connectivity index (χ4v) is 4.67. The van der Waals surface area contributed by atoms with Crippen LogP contribution in [0.1, 0.15) is 76.8 Å². The van der Waals surface area contributed by atoms with Crippen molar-refractivity contribution < 1.29 is 14.3 Å². The Morgan fingerprint density at radius 1 is 1.32 bits per heavy atom. The average molecular weight is 386 g/mol. The lowest BCUT2D eigenvalue weighted by Gasteiger charge is -2.46. The highest BCUT2D eigenvalue weighted by Crippen LogP contribution is 2.53. The number of allylic oxidation sites excluding steroid dienone is 2. The van der Waals surface area contributed by atoms with E-state index in [0.717, 1.165) is 37.0 Å². The van der Waals surface area contributed by atoms with E-state index in [4.69, 9.17) is 9.47 Å². The standard InChI is InChI=1S/C24H35NO3/c1-6-7-8-9-17-13-20(27-22(26)15-25-5)23-18-12-16(2)10-11-19(18)24(3,4)28-21(23)14-17/h12-14,18-19,25H,6-11,15H2,1-5H3. The molecule has 4 heteroatoms. The lowest BCUT2D eigenvalue weighted by molar-refractivity contribution is -0.133. The quantitative estimate of drug-likeness (QED) is 0.305. The first kappa shape index (κ1) is 20.9. The number of aryl methyl sites for hydroxylation is 1. The molecule has 2 atom stereocenters. The minimum absolute atomic E-state index is 0.199. The number of carbonyl (C=O) groups excluding carboxylic acids is 1. The molecule has 3 rings (SSSR count). The Kier molecular flexibility index (Phi) is 6.49. The van der Waals surface area contributed by atoms with E-state index < -0.39 is 0 Å². The van der Waals surface area contributed by atoms with Gasteiger partial charge in [-0.1, -0.05) is 31.4 Å². The number of ether oxygens (including phenoxy) is 2. The Morgan fingerprint density at radius 2 is 2.11 bits per heavy atom. The van der Waals surface area contributed by atoms with Crippen LogP contribution >= 0.6 is 0 Å². The molecular formula is C24H35NO3. The molecule has 4 nitrogen and oxygen atoms in total. The van der Waals surface area contributed by atoms with Gasteiger partial charge in [0.1, 0.15) is 17.1 Å². The highest BCUT2D eigenvalue weighted by Gasteiger charge is 2.45. The molecule has 0 fully saturated rings. The highest BCUT2D eigenvalue weighted by molar-refractivity contribution is 5.75. The third kappa shape index (κ3) is 4.43. The van der Waals surface area contributed by atoms with Gasteiger partial charge in [-0.05, 0) is 71.2 Å². The molecule has 0 amide bonds. The van der Waals surface area contributed by atoms with Crippen LogP contribution < -0.4 is 14.8 Å². The summed E-state index contributed by atoms with van der Waals surface area (Å²) < 4.78 is 12.4. The Balaban J connectivity index is 2.05. The summed E-state index contributed by atoms with van der Waals surface area (Å²) in [6, 6.07) is 4.24. The summed E-state index contributed by atoms with van der Waals surface area (Å²) in [5.74, 6) is 1.93. The summed E-state index contributed by atoms with van der Waals surface area (Å²) in [7, 11) is 1.76. The van der Waals surface area contributed by atoms with Crippen LogP contribution in [0.2, 0.25) is 0 Å². The SMILES string of the molecule is CCCCCc1cc(OC(=O)CNC)c2c(c1)OC(C)(C)C1CCC(C)=CC21. The first-order chi connectivity index (χ1) is 13.4. The predicted molar refractivity (Wildman–Crippen MR) is 113 cm³/mol. The minimum Gasteiger partial charge on any atom is -0.487 e. The molecule has 1 heterocycles. The summed E-state index contributed by atoms with van der Waals surface area (Å²) in [5, 5.41) is 2.88. The molecule has 1 aliphatic carbocycles. The number of fused-ring (bicyclic) bond motifs is 3. The van der Waals surface area contributed by atoms with E-state index in [1.807, 2.05) is 0 Å². The number of likely N-dealkylation sites (N-methyl/N-ethyl adjacent to an activating group) is 1. The Bertz CT molecular complexity index is 750. The van der Waals surface area contributed by atoms with Gasteiger partial charge in [-0.25, -0.2) is 0 Å². The number of esters is 1. The van der Waals surface area contributed by atoms with Gasteiger partial charge >= 0.3 is 5.97 Å². The van der Waals surface area contributed by atoms with Gasteiger partial charge in [0.15, 0.2) is 0 Å². The van der Waals surface area contributed by atoms with Gasteiger partial charge in [-0.15, -0.1) is 0 Å². The third-order valence-electron chi connectivity index (χ3n) is 6.12. The number of benzene rings is 1. The number of hydrogen-bond donors (Lipinski definition) is 1. The van der Waals surface area contributed by atoms with Crippen molar-refractivity contribution in [1.82, 2.24) is 5.32 Å². The zero-order valence-electron chi connectivity index (χ0n) is 18.1. The van der Waals surface area contributed by atoms with Crippen LogP contribution in [-0.4, -0.2) is 25.2 Å². The maximum Gasteiger partial charge on any atom is 0.325 e. The lowest BCUT2D eigenvalue weighted by Crippen LogP contribution is -2.45. The Morgan fingerprint density at radius 3 is 2.82 bits per heavy atom. The molecule has 0 spiro atoms. The zero-order valence-corrected chi connectivity index (χ0v) is 18.1.